The summed E-state index contributed by atoms with van der Waals surface area (Å²) in [5.74, 6) is -1.74. The monoisotopic (exact) mass is 325 g/mol. The fourth-order valence-electron chi connectivity index (χ4n) is 2.03. The minimum absolute atomic E-state index is 0.0165. The maximum absolute atomic E-state index is 12.1. The minimum Gasteiger partial charge on any atom is -0.478 e. The molecule has 1 heterocycles. The Balaban J connectivity index is 2.49. The van der Waals surface area contributed by atoms with E-state index in [1.54, 1.807) is 19.9 Å². The largest absolute Gasteiger partial charge is 0.478 e. The lowest BCUT2D eigenvalue weighted by molar-refractivity contribution is -0.124. The molecule has 100 valence electrons. The Labute approximate surface area is 118 Å². The number of hydrogen-bond donors (Lipinski definition) is 1. The van der Waals surface area contributed by atoms with E-state index in [2.05, 4.69) is 15.9 Å². The van der Waals surface area contributed by atoms with E-state index < -0.39 is 11.4 Å². The lowest BCUT2D eigenvalue weighted by Gasteiger charge is -2.18. The van der Waals surface area contributed by atoms with Crippen molar-refractivity contribution in [2.45, 2.75) is 20.3 Å². The van der Waals surface area contributed by atoms with Crippen LogP contribution in [0.3, 0.4) is 0 Å². The van der Waals surface area contributed by atoms with E-state index in [9.17, 15) is 14.4 Å². The molecule has 0 aliphatic carbocycles. The Hall–Kier alpha value is -1.69. The molecule has 0 spiro atoms. The Morgan fingerprint density at radius 1 is 1.37 bits per heavy atom. The Kier molecular flexibility index (Phi) is 3.22. The van der Waals surface area contributed by atoms with Crippen LogP contribution in [0.25, 0.3) is 0 Å². The molecule has 1 aliphatic heterocycles. The van der Waals surface area contributed by atoms with E-state index in [1.165, 1.54) is 12.1 Å². The van der Waals surface area contributed by atoms with Gasteiger partial charge in [-0.3, -0.25) is 14.5 Å². The van der Waals surface area contributed by atoms with Gasteiger partial charge in [-0.2, -0.15) is 0 Å². The molecule has 5 nitrogen and oxygen atoms in total. The number of imide groups is 1. The molecule has 19 heavy (non-hydrogen) atoms. The van der Waals surface area contributed by atoms with E-state index >= 15 is 0 Å². The van der Waals surface area contributed by atoms with Crippen molar-refractivity contribution >= 4 is 39.4 Å². The number of halogens is 1. The smallest absolute Gasteiger partial charge is 0.336 e. The topological polar surface area (TPSA) is 74.7 Å². The van der Waals surface area contributed by atoms with Crippen molar-refractivity contribution in [3.8, 4) is 0 Å². The number of carbonyl (C=O) groups excluding carboxylic acids is 2. The summed E-state index contributed by atoms with van der Waals surface area (Å²) in [5.41, 5.74) is -0.433. The van der Waals surface area contributed by atoms with Gasteiger partial charge in [0, 0.05) is 10.9 Å². The summed E-state index contributed by atoms with van der Waals surface area (Å²) < 4.78 is 0.405. The number of hydrogen-bond acceptors (Lipinski definition) is 3. The molecule has 1 N–H and O–H groups in total. The Bertz CT molecular complexity index is 594. The maximum Gasteiger partial charge on any atom is 0.336 e. The molecule has 1 saturated heterocycles. The highest BCUT2D eigenvalue weighted by molar-refractivity contribution is 9.10. The number of carboxylic acid groups (broad SMARTS) is 1. The number of benzene rings is 1. The summed E-state index contributed by atoms with van der Waals surface area (Å²) in [7, 11) is 0. The second-order valence-electron chi connectivity index (χ2n) is 5.06. The number of aromatic carboxylic acids is 1. The van der Waals surface area contributed by atoms with Gasteiger partial charge in [-0.1, -0.05) is 13.8 Å². The van der Waals surface area contributed by atoms with Crippen LogP contribution in [0.4, 0.5) is 5.69 Å². The Morgan fingerprint density at radius 2 is 2.00 bits per heavy atom. The molecule has 0 radical (unpaired) electrons. The lowest BCUT2D eigenvalue weighted by Crippen LogP contribution is -2.33. The third-order valence-corrected chi connectivity index (χ3v) is 3.75. The fourth-order valence-corrected chi connectivity index (χ4v) is 2.44. The van der Waals surface area contributed by atoms with Gasteiger partial charge in [0.05, 0.1) is 16.7 Å². The number of amides is 2. The molecule has 1 aromatic carbocycles. The van der Waals surface area contributed by atoms with Gasteiger partial charge in [0.2, 0.25) is 11.8 Å². The SMILES string of the molecule is CC1(C)CC(=O)N(c2ccc(Br)c(C(=O)O)c2)C1=O. The van der Waals surface area contributed by atoms with Crippen molar-refractivity contribution in [2.75, 3.05) is 4.90 Å². The quantitative estimate of drug-likeness (QED) is 0.847. The van der Waals surface area contributed by atoms with Crippen LogP contribution in [0.5, 0.6) is 0 Å². The third-order valence-electron chi connectivity index (χ3n) is 3.06. The van der Waals surface area contributed by atoms with E-state index in [1.807, 2.05) is 0 Å². The van der Waals surface area contributed by atoms with Crippen LogP contribution in [0.1, 0.15) is 30.6 Å². The number of nitrogens with zero attached hydrogens (tertiary/aromatic N) is 1. The first-order valence-electron chi connectivity index (χ1n) is 5.64. The zero-order valence-corrected chi connectivity index (χ0v) is 12.0. The second kappa shape index (κ2) is 4.45. The van der Waals surface area contributed by atoms with Gasteiger partial charge < -0.3 is 5.11 Å². The molecule has 1 fully saturated rings. The van der Waals surface area contributed by atoms with Crippen LogP contribution in [-0.2, 0) is 9.59 Å². The minimum atomic E-state index is -1.12. The summed E-state index contributed by atoms with van der Waals surface area (Å²) >= 11 is 3.12. The molecule has 0 bridgehead atoms. The molecule has 1 aliphatic rings. The van der Waals surface area contributed by atoms with Crippen molar-refractivity contribution in [2.24, 2.45) is 5.41 Å². The Morgan fingerprint density at radius 3 is 2.47 bits per heavy atom. The van der Waals surface area contributed by atoms with Crippen molar-refractivity contribution in [3.05, 3.63) is 28.2 Å². The average molecular weight is 326 g/mol. The third kappa shape index (κ3) is 2.28. The summed E-state index contributed by atoms with van der Waals surface area (Å²) in [4.78, 5) is 36.2. The summed E-state index contributed by atoms with van der Waals surface area (Å²) in [6, 6.07) is 4.39. The zero-order valence-electron chi connectivity index (χ0n) is 10.4. The highest BCUT2D eigenvalue weighted by Crippen LogP contribution is 2.36. The number of rotatable bonds is 2. The lowest BCUT2D eigenvalue weighted by atomic mass is 9.92. The van der Waals surface area contributed by atoms with Crippen LogP contribution in [0.2, 0.25) is 0 Å². The number of carbonyl (C=O) groups is 3. The molecule has 2 amide bonds. The van der Waals surface area contributed by atoms with Gasteiger partial charge in [-0.15, -0.1) is 0 Å². The first-order valence-corrected chi connectivity index (χ1v) is 6.43. The van der Waals surface area contributed by atoms with Gasteiger partial charge >= 0.3 is 5.97 Å². The number of anilines is 1. The van der Waals surface area contributed by atoms with Crippen molar-refractivity contribution < 1.29 is 19.5 Å². The first-order chi connectivity index (χ1) is 8.74. The molecular weight excluding hydrogens is 314 g/mol. The maximum atomic E-state index is 12.1. The van der Waals surface area contributed by atoms with Gasteiger partial charge in [-0.25, -0.2) is 4.79 Å². The normalized spacial score (nSPS) is 17.9. The van der Waals surface area contributed by atoms with Crippen LogP contribution in [-0.4, -0.2) is 22.9 Å². The molecule has 1 aromatic rings. The first kappa shape index (κ1) is 13.7. The van der Waals surface area contributed by atoms with E-state index in [0.717, 1.165) is 4.90 Å². The second-order valence-corrected chi connectivity index (χ2v) is 5.92. The van der Waals surface area contributed by atoms with Crippen molar-refractivity contribution in [1.29, 1.82) is 0 Å². The molecule has 0 unspecified atom stereocenters. The summed E-state index contributed by atoms with van der Waals surface area (Å²) in [5, 5.41) is 9.05. The molecular formula is C13H12BrNO4. The fraction of sp³-hybridized carbons (Fsp3) is 0.308. The van der Waals surface area contributed by atoms with Gasteiger partial charge in [0.1, 0.15) is 0 Å². The van der Waals surface area contributed by atoms with E-state index in [0.29, 0.717) is 10.2 Å². The average Bonchev–Trinajstić information content (AvgIpc) is 2.49. The van der Waals surface area contributed by atoms with Gasteiger partial charge in [0.15, 0.2) is 0 Å². The van der Waals surface area contributed by atoms with Crippen LogP contribution in [0.15, 0.2) is 22.7 Å². The summed E-state index contributed by atoms with van der Waals surface area (Å²) in [6.45, 7) is 3.40. The van der Waals surface area contributed by atoms with Crippen molar-refractivity contribution in [3.63, 3.8) is 0 Å². The van der Waals surface area contributed by atoms with E-state index in [4.69, 9.17) is 5.11 Å². The van der Waals surface area contributed by atoms with Crippen molar-refractivity contribution in [1.82, 2.24) is 0 Å². The standard InChI is InChI=1S/C13H12BrNO4/c1-13(2)6-10(16)15(12(13)19)7-3-4-9(14)8(5-7)11(17)18/h3-5H,6H2,1-2H3,(H,17,18). The van der Waals surface area contributed by atoms with Gasteiger partial charge in [0.25, 0.3) is 0 Å². The van der Waals surface area contributed by atoms with E-state index in [-0.39, 0.29) is 23.8 Å². The highest BCUT2D eigenvalue weighted by atomic mass is 79.9. The number of carboxylic acids is 1. The molecule has 0 atom stereocenters. The van der Waals surface area contributed by atoms with Crippen LogP contribution in [0, 0.1) is 5.41 Å². The van der Waals surface area contributed by atoms with Crippen LogP contribution < -0.4 is 4.90 Å². The molecule has 0 saturated carbocycles. The zero-order chi connectivity index (χ0) is 14.4. The predicted molar refractivity (Wildman–Crippen MR) is 72.0 cm³/mol. The molecule has 6 heteroatoms. The molecule has 0 aromatic heterocycles. The highest BCUT2D eigenvalue weighted by Gasteiger charge is 2.45. The molecule has 2 rings (SSSR count). The summed E-state index contributed by atoms with van der Waals surface area (Å²) in [6.07, 6.45) is 0.129. The predicted octanol–water partition coefficient (Wildman–Crippen LogP) is 2.44. The van der Waals surface area contributed by atoms with Crippen LogP contribution >= 0.6 is 15.9 Å². The van der Waals surface area contributed by atoms with Gasteiger partial charge in [-0.05, 0) is 34.1 Å².